The van der Waals surface area contributed by atoms with E-state index in [9.17, 15) is 4.79 Å². The number of H-pyrrole nitrogens is 1. The molecule has 0 fully saturated rings. The van der Waals surface area contributed by atoms with E-state index in [1.807, 2.05) is 12.1 Å². The van der Waals surface area contributed by atoms with Gasteiger partial charge in [0, 0.05) is 12.1 Å². The second-order valence-electron chi connectivity index (χ2n) is 5.25. The number of methoxy groups -OCH3 is 3. The number of hydrogen-bond donors (Lipinski definition) is 1. The van der Waals surface area contributed by atoms with Crippen LogP contribution < -0.4 is 14.2 Å². The van der Waals surface area contributed by atoms with Crippen molar-refractivity contribution >= 4 is 5.78 Å². The normalized spacial score (nSPS) is 17.0. The van der Waals surface area contributed by atoms with E-state index in [1.165, 1.54) is 0 Å². The summed E-state index contributed by atoms with van der Waals surface area (Å²) in [4.78, 5) is 12.2. The predicted octanol–water partition coefficient (Wildman–Crippen LogP) is 2.35. The highest BCUT2D eigenvalue weighted by molar-refractivity contribution is 5.98. The first kappa shape index (κ1) is 14.4. The Labute approximate surface area is 128 Å². The molecular formula is C16H18N2O4. The minimum Gasteiger partial charge on any atom is -0.493 e. The fourth-order valence-corrected chi connectivity index (χ4v) is 2.93. The van der Waals surface area contributed by atoms with Crippen molar-refractivity contribution in [1.29, 1.82) is 0 Å². The summed E-state index contributed by atoms with van der Waals surface area (Å²) in [5, 5.41) is 6.87. The number of carbonyl (C=O) groups excluding carboxylic acids is 1. The van der Waals surface area contributed by atoms with Gasteiger partial charge in [-0.1, -0.05) is 0 Å². The maximum absolute atomic E-state index is 12.2. The summed E-state index contributed by atoms with van der Waals surface area (Å²) < 4.78 is 16.1. The summed E-state index contributed by atoms with van der Waals surface area (Å²) in [6.07, 6.45) is 2.79. The molecule has 116 valence electrons. The molecule has 6 nitrogen and oxygen atoms in total. The lowest BCUT2D eigenvalue weighted by Gasteiger charge is -2.23. The lowest BCUT2D eigenvalue weighted by atomic mass is 9.82. The second kappa shape index (κ2) is 5.71. The fourth-order valence-electron chi connectivity index (χ4n) is 2.93. The molecule has 0 unspecified atom stereocenters. The molecule has 2 aromatic rings. The predicted molar refractivity (Wildman–Crippen MR) is 80.1 cm³/mol. The number of rotatable bonds is 4. The number of fused-ring (bicyclic) bond motifs is 1. The van der Waals surface area contributed by atoms with Gasteiger partial charge in [-0.15, -0.1) is 0 Å². The Morgan fingerprint density at radius 3 is 2.36 bits per heavy atom. The van der Waals surface area contributed by atoms with Crippen molar-refractivity contribution in [1.82, 2.24) is 10.2 Å². The third kappa shape index (κ3) is 2.30. The third-order valence-electron chi connectivity index (χ3n) is 4.06. The van der Waals surface area contributed by atoms with Gasteiger partial charge in [0.25, 0.3) is 0 Å². The molecule has 1 aromatic heterocycles. The van der Waals surface area contributed by atoms with Crippen LogP contribution in [0, 0.1) is 0 Å². The van der Waals surface area contributed by atoms with E-state index in [-0.39, 0.29) is 11.7 Å². The van der Waals surface area contributed by atoms with Crippen LogP contribution in [-0.4, -0.2) is 37.3 Å². The molecule has 0 saturated carbocycles. The topological polar surface area (TPSA) is 73.4 Å². The monoisotopic (exact) mass is 302 g/mol. The van der Waals surface area contributed by atoms with Gasteiger partial charge in [-0.2, -0.15) is 5.10 Å². The average molecular weight is 302 g/mol. The van der Waals surface area contributed by atoms with Gasteiger partial charge in [0.15, 0.2) is 17.3 Å². The van der Waals surface area contributed by atoms with Gasteiger partial charge in [-0.05, 0) is 30.0 Å². The smallest absolute Gasteiger partial charge is 0.203 e. The number of aromatic amines is 1. The molecule has 0 radical (unpaired) electrons. The van der Waals surface area contributed by atoms with Crippen LogP contribution >= 0.6 is 0 Å². The Bertz CT molecular complexity index is 683. The molecule has 0 saturated heterocycles. The maximum atomic E-state index is 12.2. The summed E-state index contributed by atoms with van der Waals surface area (Å²) in [5.74, 6) is 1.92. The van der Waals surface area contributed by atoms with E-state index in [4.69, 9.17) is 14.2 Å². The lowest BCUT2D eigenvalue weighted by Crippen LogP contribution is -2.18. The zero-order valence-corrected chi connectivity index (χ0v) is 12.8. The summed E-state index contributed by atoms with van der Waals surface area (Å²) in [6, 6.07) is 3.81. The van der Waals surface area contributed by atoms with Crippen molar-refractivity contribution in [3.05, 3.63) is 35.2 Å². The molecule has 1 heterocycles. The minimum absolute atomic E-state index is 0.0640. The number of ketones is 1. The van der Waals surface area contributed by atoms with Crippen LogP contribution in [0.5, 0.6) is 17.2 Å². The molecule has 0 amide bonds. The number of benzene rings is 1. The molecule has 3 rings (SSSR count). The first-order valence-electron chi connectivity index (χ1n) is 7.03. The quantitative estimate of drug-likeness (QED) is 0.938. The highest BCUT2D eigenvalue weighted by Crippen LogP contribution is 2.42. The lowest BCUT2D eigenvalue weighted by molar-refractivity contribution is 0.0964. The molecule has 0 spiro atoms. The minimum atomic E-state index is 0.0640. The Balaban J connectivity index is 2.01. The zero-order valence-electron chi connectivity index (χ0n) is 12.8. The van der Waals surface area contributed by atoms with Gasteiger partial charge in [0.05, 0.1) is 33.1 Å². The van der Waals surface area contributed by atoms with Crippen molar-refractivity contribution in [2.24, 2.45) is 0 Å². The van der Waals surface area contributed by atoms with Crippen LogP contribution in [-0.2, 0) is 6.42 Å². The van der Waals surface area contributed by atoms with Crippen molar-refractivity contribution in [3.8, 4) is 17.2 Å². The van der Waals surface area contributed by atoms with E-state index in [2.05, 4.69) is 10.2 Å². The molecule has 0 bridgehead atoms. The van der Waals surface area contributed by atoms with Gasteiger partial charge < -0.3 is 14.2 Å². The number of hydrogen-bond acceptors (Lipinski definition) is 5. The average Bonchev–Trinajstić information content (AvgIpc) is 3.02. The van der Waals surface area contributed by atoms with Crippen molar-refractivity contribution < 1.29 is 19.0 Å². The number of nitrogens with one attached hydrogen (secondary N) is 1. The largest absolute Gasteiger partial charge is 0.493 e. The van der Waals surface area contributed by atoms with Crippen LogP contribution in [0.3, 0.4) is 0 Å². The summed E-state index contributed by atoms with van der Waals surface area (Å²) >= 11 is 0. The fraction of sp³-hybridized carbons (Fsp3) is 0.375. The molecule has 1 aromatic carbocycles. The first-order valence-corrected chi connectivity index (χ1v) is 7.03. The highest BCUT2D eigenvalue weighted by Gasteiger charge is 2.29. The molecule has 1 N–H and O–H groups in total. The van der Waals surface area contributed by atoms with E-state index in [0.29, 0.717) is 29.2 Å². The first-order chi connectivity index (χ1) is 10.7. The van der Waals surface area contributed by atoms with E-state index in [0.717, 1.165) is 17.7 Å². The van der Waals surface area contributed by atoms with Gasteiger partial charge in [-0.25, -0.2) is 0 Å². The Kier molecular flexibility index (Phi) is 3.75. The summed E-state index contributed by atoms with van der Waals surface area (Å²) in [6.45, 7) is 0. The molecule has 22 heavy (non-hydrogen) atoms. The number of aromatic nitrogens is 2. The molecule has 1 aliphatic carbocycles. The molecular weight excluding hydrogens is 284 g/mol. The van der Waals surface area contributed by atoms with Crippen LogP contribution in [0.4, 0.5) is 0 Å². The van der Waals surface area contributed by atoms with Gasteiger partial charge >= 0.3 is 0 Å². The SMILES string of the molecule is COc1cc([C@H]2CC(=O)c3cn[nH]c3C2)cc(OC)c1OC. The van der Waals surface area contributed by atoms with Gasteiger partial charge in [0.1, 0.15) is 0 Å². The third-order valence-corrected chi connectivity index (χ3v) is 4.06. The molecule has 1 aliphatic rings. The number of Topliss-reactive ketones (excluding diaryl/α,β-unsaturated/α-hetero) is 1. The van der Waals surface area contributed by atoms with E-state index in [1.54, 1.807) is 27.5 Å². The van der Waals surface area contributed by atoms with E-state index >= 15 is 0 Å². The van der Waals surface area contributed by atoms with E-state index < -0.39 is 0 Å². The van der Waals surface area contributed by atoms with Crippen LogP contribution in [0.15, 0.2) is 18.3 Å². The Hall–Kier alpha value is -2.50. The van der Waals surface area contributed by atoms with Crippen molar-refractivity contribution in [2.45, 2.75) is 18.8 Å². The number of nitrogens with zero attached hydrogens (tertiary/aromatic N) is 1. The molecule has 1 atom stereocenters. The van der Waals surface area contributed by atoms with Crippen LogP contribution in [0.1, 0.15) is 34.0 Å². The maximum Gasteiger partial charge on any atom is 0.203 e. The second-order valence-corrected chi connectivity index (χ2v) is 5.25. The van der Waals surface area contributed by atoms with Crippen LogP contribution in [0.25, 0.3) is 0 Å². The van der Waals surface area contributed by atoms with Crippen LogP contribution in [0.2, 0.25) is 0 Å². The molecule has 0 aliphatic heterocycles. The number of carbonyl (C=O) groups is 1. The van der Waals surface area contributed by atoms with Crippen molar-refractivity contribution in [2.75, 3.05) is 21.3 Å². The summed E-state index contributed by atoms with van der Waals surface area (Å²) in [7, 11) is 4.74. The summed E-state index contributed by atoms with van der Waals surface area (Å²) in [5.41, 5.74) is 2.57. The molecule has 6 heteroatoms. The Morgan fingerprint density at radius 1 is 1.09 bits per heavy atom. The van der Waals surface area contributed by atoms with Gasteiger partial charge in [0.2, 0.25) is 5.75 Å². The zero-order chi connectivity index (χ0) is 15.7. The number of ether oxygens (including phenoxy) is 3. The van der Waals surface area contributed by atoms with Gasteiger partial charge in [-0.3, -0.25) is 9.89 Å². The highest BCUT2D eigenvalue weighted by atomic mass is 16.5. The Morgan fingerprint density at radius 2 is 1.77 bits per heavy atom. The van der Waals surface area contributed by atoms with Crippen molar-refractivity contribution in [3.63, 3.8) is 0 Å². The standard InChI is InChI=1S/C16H18N2O4/c1-20-14-6-10(7-15(21-2)16(14)22-3)9-4-12-11(8-17-18-12)13(19)5-9/h6-9H,4-5H2,1-3H3,(H,17,18)/t9-/m1/s1.